The number of ether oxygens (including phenoxy) is 1. The summed E-state index contributed by atoms with van der Waals surface area (Å²) in [5, 5.41) is 31.2. The van der Waals surface area contributed by atoms with E-state index in [2.05, 4.69) is 30.5 Å². The molecule has 4 aromatic heterocycles. The van der Waals surface area contributed by atoms with Gasteiger partial charge in [-0.05, 0) is 18.2 Å². The molecule has 186 valence electrons. The van der Waals surface area contributed by atoms with Crippen LogP contribution in [0.1, 0.15) is 12.2 Å². The van der Waals surface area contributed by atoms with Crippen LogP contribution in [0, 0.1) is 0 Å². The predicted octanol–water partition coefficient (Wildman–Crippen LogP) is 1.09. The molecule has 1 aliphatic heterocycles. The Morgan fingerprint density at radius 2 is 1.94 bits per heavy atom. The van der Waals surface area contributed by atoms with Crippen LogP contribution in [-0.2, 0) is 17.4 Å². The average molecular weight is 492 g/mol. The molecular formula is C23H24N8O5. The van der Waals surface area contributed by atoms with Gasteiger partial charge in [0.05, 0.1) is 29.9 Å². The highest BCUT2D eigenvalue weighted by Gasteiger charge is 2.48. The molecule has 0 aromatic carbocycles. The lowest BCUT2D eigenvalue weighted by Crippen LogP contribution is -2.35. The summed E-state index contributed by atoms with van der Waals surface area (Å²) in [5.41, 5.74) is 0.800. The molecule has 0 radical (unpaired) electrons. The molecule has 0 saturated carbocycles. The van der Waals surface area contributed by atoms with Crippen molar-refractivity contribution in [2.24, 2.45) is 7.05 Å². The molecule has 0 unspecified atom stereocenters. The van der Waals surface area contributed by atoms with Gasteiger partial charge in [0.25, 0.3) is 11.8 Å². The van der Waals surface area contributed by atoms with E-state index in [9.17, 15) is 9.90 Å². The number of carbonyl (C=O) groups is 1. The van der Waals surface area contributed by atoms with E-state index in [0.29, 0.717) is 46.8 Å². The molecule has 1 atom stereocenters. The monoisotopic (exact) mass is 492 g/mol. The molecule has 5 rings (SSSR count). The van der Waals surface area contributed by atoms with E-state index in [0.717, 1.165) is 0 Å². The third-order valence-corrected chi connectivity index (χ3v) is 5.73. The zero-order valence-electron chi connectivity index (χ0n) is 19.6. The van der Waals surface area contributed by atoms with E-state index in [4.69, 9.17) is 14.4 Å². The highest BCUT2D eigenvalue weighted by Crippen LogP contribution is 2.34. The standard InChI is InChI=1S/C23H24N8O5/c1-30-9-7-23(34,21(30)33)19-12-17(29-36-19)15-5-3-4-14(25-15)16-6-8-24-22(26-16)27-18-13-31(2)28-20(18)35-11-10-32/h3-6,8,12-13,32,34H,7,9-11H2,1-2H3,(H,24,26,27)/t23-/m1/s1. The molecule has 1 fully saturated rings. The topological polar surface area (TPSA) is 165 Å². The molecule has 0 aliphatic carbocycles. The first-order chi connectivity index (χ1) is 17.4. The lowest BCUT2D eigenvalue weighted by atomic mass is 9.98. The number of rotatable bonds is 8. The van der Waals surface area contributed by atoms with Crippen molar-refractivity contribution in [3.05, 3.63) is 48.5 Å². The van der Waals surface area contributed by atoms with Crippen LogP contribution in [-0.4, -0.2) is 77.7 Å². The number of carbonyl (C=O) groups excluding carboxylic acids is 1. The normalized spacial score (nSPS) is 17.6. The highest BCUT2D eigenvalue weighted by molar-refractivity contribution is 5.87. The number of likely N-dealkylation sites (tertiary alicyclic amines) is 1. The lowest BCUT2D eigenvalue weighted by Gasteiger charge is -2.16. The van der Waals surface area contributed by atoms with Crippen LogP contribution in [0.2, 0.25) is 0 Å². The van der Waals surface area contributed by atoms with Crippen LogP contribution in [0.5, 0.6) is 5.88 Å². The average Bonchev–Trinajstić information content (AvgIpc) is 3.59. The summed E-state index contributed by atoms with van der Waals surface area (Å²) in [6, 6.07) is 8.59. The van der Waals surface area contributed by atoms with Crippen molar-refractivity contribution < 1.29 is 24.3 Å². The van der Waals surface area contributed by atoms with Crippen LogP contribution in [0.25, 0.3) is 22.8 Å². The minimum atomic E-state index is -1.73. The SMILES string of the molecule is CN1CC[C@@](O)(c2cc(-c3cccc(-c4ccnc(Nc5cn(C)nc5OCCO)n4)n3)no2)C1=O. The van der Waals surface area contributed by atoms with E-state index in [1.165, 1.54) is 11.0 Å². The fraction of sp³-hybridized carbons (Fsp3) is 0.304. The van der Waals surface area contributed by atoms with Crippen LogP contribution < -0.4 is 10.1 Å². The van der Waals surface area contributed by atoms with Crippen LogP contribution >= 0.6 is 0 Å². The van der Waals surface area contributed by atoms with Gasteiger partial charge < -0.3 is 29.7 Å². The highest BCUT2D eigenvalue weighted by atomic mass is 16.5. The van der Waals surface area contributed by atoms with Gasteiger partial charge in [0.15, 0.2) is 5.76 Å². The summed E-state index contributed by atoms with van der Waals surface area (Å²) < 4.78 is 12.4. The molecule has 5 heterocycles. The number of nitrogens with zero attached hydrogens (tertiary/aromatic N) is 7. The third kappa shape index (κ3) is 4.36. The number of hydrogen-bond donors (Lipinski definition) is 3. The van der Waals surface area contributed by atoms with Gasteiger partial charge in [0.1, 0.15) is 18.0 Å². The Morgan fingerprint density at radius 3 is 2.69 bits per heavy atom. The van der Waals surface area contributed by atoms with Crippen molar-refractivity contribution in [3.63, 3.8) is 0 Å². The Balaban J connectivity index is 1.39. The number of hydrogen-bond acceptors (Lipinski definition) is 11. The molecule has 1 aliphatic rings. The molecule has 1 amide bonds. The van der Waals surface area contributed by atoms with Gasteiger partial charge in [-0.2, -0.15) is 0 Å². The number of aromatic nitrogens is 6. The second-order valence-corrected chi connectivity index (χ2v) is 8.31. The third-order valence-electron chi connectivity index (χ3n) is 5.73. The lowest BCUT2D eigenvalue weighted by molar-refractivity contribution is -0.144. The predicted molar refractivity (Wildman–Crippen MR) is 126 cm³/mol. The molecule has 36 heavy (non-hydrogen) atoms. The fourth-order valence-corrected chi connectivity index (χ4v) is 3.88. The Kier molecular flexibility index (Phi) is 6.08. The molecule has 1 saturated heterocycles. The molecule has 0 spiro atoms. The van der Waals surface area contributed by atoms with E-state index >= 15 is 0 Å². The van der Waals surface area contributed by atoms with E-state index in [1.54, 1.807) is 55.4 Å². The van der Waals surface area contributed by atoms with E-state index in [1.807, 2.05) is 0 Å². The quantitative estimate of drug-likeness (QED) is 0.322. The molecule has 4 aromatic rings. The summed E-state index contributed by atoms with van der Waals surface area (Å²) in [4.78, 5) is 27.3. The van der Waals surface area contributed by atoms with Gasteiger partial charge in [0.2, 0.25) is 11.5 Å². The summed E-state index contributed by atoms with van der Waals surface area (Å²) >= 11 is 0. The Labute approximate surface area is 205 Å². The maximum atomic E-state index is 12.4. The minimum Gasteiger partial charge on any atom is -0.473 e. The van der Waals surface area contributed by atoms with Crippen LogP contribution in [0.15, 0.2) is 47.2 Å². The first kappa shape index (κ1) is 23.4. The largest absolute Gasteiger partial charge is 0.473 e. The Morgan fingerprint density at radius 1 is 1.17 bits per heavy atom. The van der Waals surface area contributed by atoms with Crippen molar-refractivity contribution in [1.82, 2.24) is 34.8 Å². The van der Waals surface area contributed by atoms with Crippen molar-refractivity contribution in [1.29, 1.82) is 0 Å². The van der Waals surface area contributed by atoms with Crippen LogP contribution in [0.3, 0.4) is 0 Å². The molecule has 0 bridgehead atoms. The van der Waals surface area contributed by atoms with Crippen molar-refractivity contribution in [3.8, 4) is 28.7 Å². The first-order valence-electron chi connectivity index (χ1n) is 11.2. The number of aryl methyl sites for hydroxylation is 1. The first-order valence-corrected chi connectivity index (χ1v) is 11.2. The zero-order chi connectivity index (χ0) is 25.3. The number of anilines is 2. The number of nitrogens with one attached hydrogen (secondary N) is 1. The maximum Gasteiger partial charge on any atom is 0.262 e. The fourth-order valence-electron chi connectivity index (χ4n) is 3.88. The summed E-state index contributed by atoms with van der Waals surface area (Å²) in [5.74, 6) is 0.280. The van der Waals surface area contributed by atoms with Crippen LogP contribution in [0.4, 0.5) is 11.6 Å². The Bertz CT molecular complexity index is 1400. The number of likely N-dealkylation sites (N-methyl/N-ethyl adjacent to an activating group) is 1. The van der Waals surface area contributed by atoms with Gasteiger partial charge >= 0.3 is 0 Å². The zero-order valence-corrected chi connectivity index (χ0v) is 19.6. The van der Waals surface area contributed by atoms with Gasteiger partial charge in [0, 0.05) is 39.3 Å². The second-order valence-electron chi connectivity index (χ2n) is 8.31. The van der Waals surface area contributed by atoms with Gasteiger partial charge in [-0.25, -0.2) is 15.0 Å². The minimum absolute atomic E-state index is 0.0864. The summed E-state index contributed by atoms with van der Waals surface area (Å²) in [6.07, 6.45) is 3.53. The molecule has 3 N–H and O–H groups in total. The maximum absolute atomic E-state index is 12.4. The van der Waals surface area contributed by atoms with Crippen molar-refractivity contribution in [2.75, 3.05) is 32.1 Å². The molecular weight excluding hydrogens is 468 g/mol. The van der Waals surface area contributed by atoms with Gasteiger partial charge in [-0.1, -0.05) is 11.2 Å². The molecule has 13 nitrogen and oxygen atoms in total. The Hall–Kier alpha value is -4.36. The van der Waals surface area contributed by atoms with Crippen molar-refractivity contribution >= 4 is 17.5 Å². The number of aliphatic hydroxyl groups excluding tert-OH is 1. The molecule has 13 heteroatoms. The number of pyridine rings is 1. The smallest absolute Gasteiger partial charge is 0.262 e. The summed E-state index contributed by atoms with van der Waals surface area (Å²) in [7, 11) is 3.38. The second kappa shape index (κ2) is 9.36. The van der Waals surface area contributed by atoms with E-state index in [-0.39, 0.29) is 25.4 Å². The van der Waals surface area contributed by atoms with Crippen molar-refractivity contribution in [2.45, 2.75) is 12.0 Å². The van der Waals surface area contributed by atoms with E-state index < -0.39 is 11.5 Å². The number of aliphatic hydroxyl groups is 2. The number of amides is 1. The summed E-state index contributed by atoms with van der Waals surface area (Å²) in [6.45, 7) is 0.399. The van der Waals surface area contributed by atoms with Gasteiger partial charge in [-0.15, -0.1) is 5.10 Å². The van der Waals surface area contributed by atoms with Gasteiger partial charge in [-0.3, -0.25) is 9.48 Å².